The second-order valence-electron chi connectivity index (χ2n) is 6.93. The van der Waals surface area contributed by atoms with Crippen LogP contribution in [-0.4, -0.2) is 50.9 Å². The highest BCUT2D eigenvalue weighted by molar-refractivity contribution is 6.00. The van der Waals surface area contributed by atoms with Gasteiger partial charge in [-0.2, -0.15) is 0 Å². The van der Waals surface area contributed by atoms with Gasteiger partial charge in [0.15, 0.2) is 6.61 Å². The molecule has 1 aromatic carbocycles. The SMILES string of the molecule is COC[C@@H](C)n1c(C)cc(C(=O)COC(=O)/C=C/c2cc(OC)ccc2OC)c1C. The number of esters is 1. The van der Waals surface area contributed by atoms with Crippen LogP contribution in [0, 0.1) is 13.8 Å². The molecule has 2 rings (SSSR count). The smallest absolute Gasteiger partial charge is 0.331 e. The highest BCUT2D eigenvalue weighted by Crippen LogP contribution is 2.25. The molecular formula is C23H29NO6. The normalized spacial score (nSPS) is 12.1. The van der Waals surface area contributed by atoms with Gasteiger partial charge in [-0.05, 0) is 51.1 Å². The first-order chi connectivity index (χ1) is 14.3. The van der Waals surface area contributed by atoms with Gasteiger partial charge in [-0.3, -0.25) is 4.79 Å². The number of carbonyl (C=O) groups excluding carboxylic acids is 2. The van der Waals surface area contributed by atoms with E-state index in [2.05, 4.69) is 0 Å². The number of hydrogen-bond donors (Lipinski definition) is 0. The van der Waals surface area contributed by atoms with Crippen LogP contribution in [-0.2, 0) is 14.3 Å². The van der Waals surface area contributed by atoms with Gasteiger partial charge >= 0.3 is 5.97 Å². The largest absolute Gasteiger partial charge is 0.497 e. The summed E-state index contributed by atoms with van der Waals surface area (Å²) in [5.41, 5.74) is 2.99. The number of hydrogen-bond acceptors (Lipinski definition) is 6. The number of aryl methyl sites for hydroxylation is 1. The summed E-state index contributed by atoms with van der Waals surface area (Å²) in [5, 5.41) is 0. The van der Waals surface area contributed by atoms with Gasteiger partial charge in [-0.1, -0.05) is 0 Å². The molecule has 7 heteroatoms. The van der Waals surface area contributed by atoms with Crippen LogP contribution in [0.15, 0.2) is 30.3 Å². The zero-order valence-electron chi connectivity index (χ0n) is 18.4. The van der Waals surface area contributed by atoms with Gasteiger partial charge in [0.05, 0.1) is 26.9 Å². The maximum atomic E-state index is 12.6. The number of ether oxygens (including phenoxy) is 4. The van der Waals surface area contributed by atoms with Crippen molar-refractivity contribution < 1.29 is 28.5 Å². The van der Waals surface area contributed by atoms with E-state index in [1.165, 1.54) is 6.08 Å². The maximum absolute atomic E-state index is 12.6. The Morgan fingerprint density at radius 3 is 2.47 bits per heavy atom. The van der Waals surface area contributed by atoms with Crippen molar-refractivity contribution in [3.63, 3.8) is 0 Å². The number of ketones is 1. The molecule has 1 heterocycles. The van der Waals surface area contributed by atoms with Crippen LogP contribution in [0.3, 0.4) is 0 Å². The van der Waals surface area contributed by atoms with Crippen molar-refractivity contribution in [1.82, 2.24) is 4.57 Å². The van der Waals surface area contributed by atoms with Gasteiger partial charge < -0.3 is 23.5 Å². The van der Waals surface area contributed by atoms with E-state index in [4.69, 9.17) is 18.9 Å². The van der Waals surface area contributed by atoms with E-state index in [9.17, 15) is 9.59 Å². The Morgan fingerprint density at radius 1 is 1.10 bits per heavy atom. The third kappa shape index (κ3) is 5.51. The quantitative estimate of drug-likeness (QED) is 0.334. The third-order valence-electron chi connectivity index (χ3n) is 4.81. The standard InChI is InChI=1S/C23H29NO6/c1-15-11-20(17(3)24(15)16(2)13-27-4)21(25)14-30-23(26)10-7-18-12-19(28-5)8-9-22(18)29-6/h7-12,16H,13-14H2,1-6H3/b10-7+/t16-/m1/s1. The lowest BCUT2D eigenvalue weighted by Gasteiger charge is -2.17. The molecule has 0 N–H and O–H groups in total. The van der Waals surface area contributed by atoms with Gasteiger partial charge in [0.25, 0.3) is 0 Å². The molecule has 2 aromatic rings. The van der Waals surface area contributed by atoms with Crippen LogP contribution in [0.2, 0.25) is 0 Å². The zero-order valence-corrected chi connectivity index (χ0v) is 18.4. The first-order valence-corrected chi connectivity index (χ1v) is 9.59. The summed E-state index contributed by atoms with van der Waals surface area (Å²) in [6, 6.07) is 7.16. The Morgan fingerprint density at radius 2 is 1.83 bits per heavy atom. The lowest BCUT2D eigenvalue weighted by molar-refractivity contribution is -0.136. The van der Waals surface area contributed by atoms with Gasteiger partial charge in [-0.25, -0.2) is 4.79 Å². The van der Waals surface area contributed by atoms with E-state index < -0.39 is 5.97 Å². The van der Waals surface area contributed by atoms with Crippen molar-refractivity contribution in [3.05, 3.63) is 52.9 Å². The molecule has 0 unspecified atom stereocenters. The molecule has 1 aromatic heterocycles. The molecule has 162 valence electrons. The molecule has 1 atom stereocenters. The lowest BCUT2D eigenvalue weighted by Crippen LogP contribution is -2.16. The van der Waals surface area contributed by atoms with Crippen LogP contribution in [0.1, 0.15) is 40.3 Å². The summed E-state index contributed by atoms with van der Waals surface area (Å²) >= 11 is 0. The molecule has 0 bridgehead atoms. The fourth-order valence-electron chi connectivity index (χ4n) is 3.44. The second-order valence-corrected chi connectivity index (χ2v) is 6.93. The predicted molar refractivity (Wildman–Crippen MR) is 114 cm³/mol. The van der Waals surface area contributed by atoms with Crippen molar-refractivity contribution in [2.45, 2.75) is 26.8 Å². The first-order valence-electron chi connectivity index (χ1n) is 9.59. The molecule has 0 spiro atoms. The van der Waals surface area contributed by atoms with Crippen molar-refractivity contribution >= 4 is 17.8 Å². The first kappa shape index (κ1) is 23.2. The van der Waals surface area contributed by atoms with Crippen molar-refractivity contribution in [1.29, 1.82) is 0 Å². The minimum atomic E-state index is -0.616. The fourth-order valence-corrected chi connectivity index (χ4v) is 3.44. The molecular weight excluding hydrogens is 386 g/mol. The summed E-state index contributed by atoms with van der Waals surface area (Å²) in [6.45, 7) is 6.05. The van der Waals surface area contributed by atoms with E-state index in [1.54, 1.807) is 45.6 Å². The average Bonchev–Trinajstić information content (AvgIpc) is 3.04. The Balaban J connectivity index is 2.04. The zero-order chi connectivity index (χ0) is 22.3. The topological polar surface area (TPSA) is 76.0 Å². The predicted octanol–water partition coefficient (Wildman–Crippen LogP) is 3.77. The molecule has 0 fully saturated rings. The van der Waals surface area contributed by atoms with Gasteiger partial charge in [0.2, 0.25) is 5.78 Å². The molecule has 0 aliphatic heterocycles. The third-order valence-corrected chi connectivity index (χ3v) is 4.81. The van der Waals surface area contributed by atoms with Crippen molar-refractivity contribution in [2.24, 2.45) is 0 Å². The van der Waals surface area contributed by atoms with Gasteiger partial charge in [0, 0.05) is 35.7 Å². The molecule has 0 saturated heterocycles. The van der Waals surface area contributed by atoms with E-state index in [0.717, 1.165) is 11.4 Å². The van der Waals surface area contributed by atoms with Crippen molar-refractivity contribution in [2.75, 3.05) is 34.5 Å². The Bertz CT molecular complexity index is 928. The number of aromatic nitrogens is 1. The Labute approximate surface area is 177 Å². The molecule has 0 aliphatic rings. The molecule has 0 saturated carbocycles. The fraction of sp³-hybridized carbons (Fsp3) is 0.391. The summed E-state index contributed by atoms with van der Waals surface area (Å²) in [4.78, 5) is 24.7. The Hall–Kier alpha value is -3.06. The summed E-state index contributed by atoms with van der Waals surface area (Å²) < 4.78 is 22.9. The molecule has 0 radical (unpaired) electrons. The summed E-state index contributed by atoms with van der Waals surface area (Å²) in [7, 11) is 4.74. The molecule has 0 aliphatic carbocycles. The molecule has 7 nitrogen and oxygen atoms in total. The maximum Gasteiger partial charge on any atom is 0.331 e. The second kappa shape index (κ2) is 10.6. The number of nitrogens with zero attached hydrogens (tertiary/aromatic N) is 1. The Kier molecular flexibility index (Phi) is 8.24. The minimum absolute atomic E-state index is 0.0971. The number of Topliss-reactive ketones (excluding diaryl/α,β-unsaturated/α-hetero) is 1. The van der Waals surface area contributed by atoms with E-state index in [-0.39, 0.29) is 18.4 Å². The van der Waals surface area contributed by atoms with E-state index in [1.807, 2.05) is 31.4 Å². The number of carbonyl (C=O) groups is 2. The van der Waals surface area contributed by atoms with E-state index >= 15 is 0 Å². The lowest BCUT2D eigenvalue weighted by atomic mass is 10.1. The van der Waals surface area contributed by atoms with Crippen LogP contribution >= 0.6 is 0 Å². The minimum Gasteiger partial charge on any atom is -0.497 e. The molecule has 30 heavy (non-hydrogen) atoms. The monoisotopic (exact) mass is 415 g/mol. The van der Waals surface area contributed by atoms with Crippen molar-refractivity contribution in [3.8, 4) is 11.5 Å². The van der Waals surface area contributed by atoms with E-state index in [0.29, 0.717) is 29.2 Å². The highest BCUT2D eigenvalue weighted by atomic mass is 16.5. The van der Waals surface area contributed by atoms with Crippen LogP contribution in [0.4, 0.5) is 0 Å². The van der Waals surface area contributed by atoms with Gasteiger partial charge in [0.1, 0.15) is 11.5 Å². The summed E-state index contributed by atoms with van der Waals surface area (Å²) in [5.74, 6) is 0.361. The summed E-state index contributed by atoms with van der Waals surface area (Å²) in [6.07, 6.45) is 2.82. The van der Waals surface area contributed by atoms with Crippen LogP contribution in [0.25, 0.3) is 6.08 Å². The molecule has 0 amide bonds. The van der Waals surface area contributed by atoms with Crippen LogP contribution < -0.4 is 9.47 Å². The highest BCUT2D eigenvalue weighted by Gasteiger charge is 2.19. The average molecular weight is 415 g/mol. The number of benzene rings is 1. The number of methoxy groups -OCH3 is 3. The van der Waals surface area contributed by atoms with Gasteiger partial charge in [-0.15, -0.1) is 0 Å². The number of rotatable bonds is 10. The van der Waals surface area contributed by atoms with Crippen LogP contribution in [0.5, 0.6) is 11.5 Å².